The van der Waals surface area contributed by atoms with Gasteiger partial charge in [0.05, 0.1) is 5.25 Å². The van der Waals surface area contributed by atoms with Crippen LogP contribution in [0.15, 0.2) is 34.3 Å². The number of hydrogen-bond donors (Lipinski definition) is 2. The smallest absolute Gasteiger partial charge is 0.239 e. The van der Waals surface area contributed by atoms with Crippen LogP contribution in [0.3, 0.4) is 0 Å². The van der Waals surface area contributed by atoms with Crippen molar-refractivity contribution in [1.29, 1.82) is 0 Å². The van der Waals surface area contributed by atoms with E-state index in [1.807, 2.05) is 58.9 Å². The first kappa shape index (κ1) is 22.7. The Labute approximate surface area is 178 Å². The number of nitrogens with one attached hydrogen (secondary N) is 2. The standard InChI is InChI=1S/C19H26N4O2S3/c1-6-26-18-22-17(28-23-18)21-16(25)12(2)27-14-9-7-13(8-10-14)20-15(24)11-19(3,4)5/h7-10,12H,6,11H2,1-5H3,(H,20,24)(H,21,22,23,25). The summed E-state index contributed by atoms with van der Waals surface area (Å²) in [5.74, 6) is 0.776. The molecule has 2 rings (SSSR count). The molecule has 0 bridgehead atoms. The molecule has 2 N–H and O–H groups in total. The highest BCUT2D eigenvalue weighted by atomic mass is 32.2. The molecule has 152 valence electrons. The van der Waals surface area contributed by atoms with Crippen LogP contribution in [0.1, 0.15) is 41.0 Å². The summed E-state index contributed by atoms with van der Waals surface area (Å²) >= 11 is 4.19. The molecular formula is C19H26N4O2S3. The minimum Gasteiger partial charge on any atom is -0.326 e. The second kappa shape index (κ2) is 10.3. The van der Waals surface area contributed by atoms with Crippen molar-refractivity contribution in [3.63, 3.8) is 0 Å². The topological polar surface area (TPSA) is 84.0 Å². The Morgan fingerprint density at radius 3 is 2.46 bits per heavy atom. The van der Waals surface area contributed by atoms with Crippen LogP contribution in [0.25, 0.3) is 0 Å². The van der Waals surface area contributed by atoms with Crippen LogP contribution >= 0.6 is 35.1 Å². The predicted octanol–water partition coefficient (Wildman–Crippen LogP) is 5.14. The lowest BCUT2D eigenvalue weighted by atomic mass is 9.92. The molecule has 1 heterocycles. The highest BCUT2D eigenvalue weighted by Gasteiger charge is 2.18. The van der Waals surface area contributed by atoms with Gasteiger partial charge in [0, 0.05) is 28.5 Å². The molecular weight excluding hydrogens is 412 g/mol. The lowest BCUT2D eigenvalue weighted by Crippen LogP contribution is -2.22. The first-order valence-corrected chi connectivity index (χ1v) is 11.6. The van der Waals surface area contributed by atoms with Crippen molar-refractivity contribution in [1.82, 2.24) is 9.36 Å². The van der Waals surface area contributed by atoms with Gasteiger partial charge in [-0.2, -0.15) is 9.36 Å². The number of anilines is 2. The number of amides is 2. The highest BCUT2D eigenvalue weighted by molar-refractivity contribution is 8.00. The van der Waals surface area contributed by atoms with Crippen molar-refractivity contribution < 1.29 is 9.59 Å². The molecule has 0 saturated carbocycles. The maximum Gasteiger partial charge on any atom is 0.239 e. The van der Waals surface area contributed by atoms with Gasteiger partial charge in [-0.3, -0.25) is 14.9 Å². The molecule has 1 atom stereocenters. The van der Waals surface area contributed by atoms with E-state index in [2.05, 4.69) is 20.0 Å². The van der Waals surface area contributed by atoms with Gasteiger partial charge >= 0.3 is 0 Å². The third-order valence-corrected chi connectivity index (χ3v) is 6.01. The van der Waals surface area contributed by atoms with E-state index >= 15 is 0 Å². The first-order chi connectivity index (χ1) is 13.2. The fraction of sp³-hybridized carbons (Fsp3) is 0.474. The number of aromatic nitrogens is 2. The van der Waals surface area contributed by atoms with E-state index in [1.54, 1.807) is 11.8 Å². The zero-order chi connectivity index (χ0) is 20.7. The van der Waals surface area contributed by atoms with E-state index in [0.717, 1.165) is 16.3 Å². The minimum atomic E-state index is -0.285. The van der Waals surface area contributed by atoms with E-state index in [4.69, 9.17) is 0 Å². The fourth-order valence-corrected chi connectivity index (χ4v) is 4.36. The summed E-state index contributed by atoms with van der Waals surface area (Å²) in [5, 5.41) is 6.64. The molecule has 2 aromatic rings. The number of benzene rings is 1. The third kappa shape index (κ3) is 7.81. The van der Waals surface area contributed by atoms with Crippen LogP contribution in [-0.4, -0.2) is 32.2 Å². The van der Waals surface area contributed by atoms with Crippen molar-refractivity contribution in [2.24, 2.45) is 5.41 Å². The maximum absolute atomic E-state index is 12.4. The summed E-state index contributed by atoms with van der Waals surface area (Å²) in [6.07, 6.45) is 0.463. The number of hydrogen-bond acceptors (Lipinski definition) is 7. The van der Waals surface area contributed by atoms with Gasteiger partial charge < -0.3 is 5.32 Å². The van der Waals surface area contributed by atoms with E-state index < -0.39 is 0 Å². The Hall–Kier alpha value is -1.58. The quantitative estimate of drug-likeness (QED) is 0.555. The van der Waals surface area contributed by atoms with Crippen LogP contribution in [0.4, 0.5) is 10.8 Å². The van der Waals surface area contributed by atoms with Gasteiger partial charge in [0.1, 0.15) is 0 Å². The van der Waals surface area contributed by atoms with Crippen molar-refractivity contribution >= 4 is 57.7 Å². The van der Waals surface area contributed by atoms with Gasteiger partial charge in [-0.15, -0.1) is 11.8 Å². The van der Waals surface area contributed by atoms with Gasteiger partial charge in [0.2, 0.25) is 22.1 Å². The predicted molar refractivity (Wildman–Crippen MR) is 119 cm³/mol. The van der Waals surface area contributed by atoms with Crippen molar-refractivity contribution in [3.05, 3.63) is 24.3 Å². The zero-order valence-corrected chi connectivity index (χ0v) is 19.2. The molecule has 6 nitrogen and oxygen atoms in total. The molecule has 0 aliphatic rings. The summed E-state index contributed by atoms with van der Waals surface area (Å²) in [6, 6.07) is 7.52. The van der Waals surface area contributed by atoms with E-state index in [0.29, 0.717) is 16.7 Å². The number of rotatable bonds is 8. The minimum absolute atomic E-state index is 0.00156. The Morgan fingerprint density at radius 1 is 1.18 bits per heavy atom. The van der Waals surface area contributed by atoms with Gasteiger partial charge in [-0.1, -0.05) is 39.5 Å². The molecule has 0 radical (unpaired) electrons. The lowest BCUT2D eigenvalue weighted by molar-refractivity contribution is -0.118. The average molecular weight is 439 g/mol. The number of thioether (sulfide) groups is 2. The van der Waals surface area contributed by atoms with Crippen molar-refractivity contribution in [2.75, 3.05) is 16.4 Å². The Bertz CT molecular complexity index is 800. The summed E-state index contributed by atoms with van der Waals surface area (Å²) in [4.78, 5) is 29.6. The van der Waals surface area contributed by atoms with E-state index in [1.165, 1.54) is 23.3 Å². The molecule has 0 saturated heterocycles. The lowest BCUT2D eigenvalue weighted by Gasteiger charge is -2.17. The second-order valence-electron chi connectivity index (χ2n) is 7.37. The maximum atomic E-state index is 12.4. The molecule has 0 aliphatic carbocycles. The van der Waals surface area contributed by atoms with Gasteiger partial charge in [0.15, 0.2) is 0 Å². The van der Waals surface area contributed by atoms with E-state index in [9.17, 15) is 9.59 Å². The molecule has 28 heavy (non-hydrogen) atoms. The number of carbonyl (C=O) groups is 2. The Kier molecular flexibility index (Phi) is 8.33. The summed E-state index contributed by atoms with van der Waals surface area (Å²) in [5.41, 5.74) is 0.705. The summed E-state index contributed by atoms with van der Waals surface area (Å²) in [6.45, 7) is 9.98. The molecule has 0 aliphatic heterocycles. The largest absolute Gasteiger partial charge is 0.326 e. The van der Waals surface area contributed by atoms with Crippen LogP contribution in [0.2, 0.25) is 0 Å². The van der Waals surface area contributed by atoms with Crippen LogP contribution in [-0.2, 0) is 9.59 Å². The average Bonchev–Trinajstić information content (AvgIpc) is 3.02. The molecule has 2 amide bonds. The Morgan fingerprint density at radius 2 is 1.86 bits per heavy atom. The fourth-order valence-electron chi connectivity index (χ4n) is 2.22. The normalized spacial score (nSPS) is 12.5. The molecule has 1 unspecified atom stereocenters. The molecule has 9 heteroatoms. The van der Waals surface area contributed by atoms with E-state index in [-0.39, 0.29) is 22.5 Å². The zero-order valence-electron chi connectivity index (χ0n) is 16.7. The van der Waals surface area contributed by atoms with Crippen molar-refractivity contribution in [3.8, 4) is 0 Å². The van der Waals surface area contributed by atoms with Crippen LogP contribution < -0.4 is 10.6 Å². The van der Waals surface area contributed by atoms with Gasteiger partial charge in [-0.25, -0.2) is 0 Å². The second-order valence-corrected chi connectivity index (χ2v) is 10.8. The SMILES string of the molecule is CCSc1nsc(NC(=O)C(C)Sc2ccc(NC(=O)CC(C)(C)C)cc2)n1. The number of nitrogens with zero attached hydrogens (tertiary/aromatic N) is 2. The monoisotopic (exact) mass is 438 g/mol. The molecule has 1 aromatic heterocycles. The highest BCUT2D eigenvalue weighted by Crippen LogP contribution is 2.27. The van der Waals surface area contributed by atoms with Crippen LogP contribution in [0, 0.1) is 5.41 Å². The summed E-state index contributed by atoms with van der Waals surface area (Å²) in [7, 11) is 0. The third-order valence-electron chi connectivity index (χ3n) is 3.42. The molecule has 1 aromatic carbocycles. The Balaban J connectivity index is 1.86. The summed E-state index contributed by atoms with van der Waals surface area (Å²) < 4.78 is 4.20. The van der Waals surface area contributed by atoms with Crippen LogP contribution in [0.5, 0.6) is 0 Å². The van der Waals surface area contributed by atoms with Gasteiger partial charge in [-0.05, 0) is 42.4 Å². The number of carbonyl (C=O) groups excluding carboxylic acids is 2. The first-order valence-electron chi connectivity index (χ1n) is 9.00. The molecule has 0 fully saturated rings. The van der Waals surface area contributed by atoms with Gasteiger partial charge in [0.25, 0.3) is 0 Å². The van der Waals surface area contributed by atoms with Crippen molar-refractivity contribution in [2.45, 2.75) is 56.3 Å². The molecule has 0 spiro atoms.